The van der Waals surface area contributed by atoms with E-state index in [9.17, 15) is 10.2 Å². The van der Waals surface area contributed by atoms with Gasteiger partial charge in [-0.15, -0.1) is 95.1 Å². The second-order valence-corrected chi connectivity index (χ2v) is 10.6. The summed E-state index contributed by atoms with van der Waals surface area (Å²) >= 11 is 0. The van der Waals surface area contributed by atoms with Crippen molar-refractivity contribution in [2.24, 2.45) is 19.1 Å². The molecule has 9 nitrogen and oxygen atoms in total. The van der Waals surface area contributed by atoms with Crippen molar-refractivity contribution in [2.75, 3.05) is 14.2 Å². The zero-order chi connectivity index (χ0) is 32.5. The molecule has 0 aliphatic carbocycles. The number of aryl methyl sites for hydroxylation is 2. The van der Waals surface area contributed by atoms with E-state index in [1.54, 1.807) is 19.8 Å². The van der Waals surface area contributed by atoms with Gasteiger partial charge in [-0.25, -0.2) is 0 Å². The molecule has 3 heterocycles. The first kappa shape index (κ1) is 36.3. The third-order valence-corrected chi connectivity index (χ3v) is 7.78. The van der Waals surface area contributed by atoms with Gasteiger partial charge in [-0.3, -0.25) is 14.5 Å². The first-order chi connectivity index (χ1) is 21.7. The summed E-state index contributed by atoms with van der Waals surface area (Å²) in [5, 5.41) is 18.4. The van der Waals surface area contributed by atoms with Crippen LogP contribution in [0.15, 0.2) is 72.2 Å². The Morgan fingerprint density at radius 3 is 1.63 bits per heavy atom. The molecule has 0 fully saturated rings. The van der Waals surface area contributed by atoms with Crippen LogP contribution in [0, 0.1) is 32.0 Å². The minimum absolute atomic E-state index is 0. The monoisotopic (exact) mass is 797 g/mol. The van der Waals surface area contributed by atoms with Gasteiger partial charge in [0.05, 0.1) is 26.8 Å². The molecule has 2 aromatic heterocycles. The van der Waals surface area contributed by atoms with E-state index < -0.39 is 0 Å². The summed E-state index contributed by atoms with van der Waals surface area (Å²) < 4.78 is 11.3. The number of nitrogens with zero attached hydrogens (tertiary/aromatic N) is 6. The van der Waals surface area contributed by atoms with Crippen LogP contribution < -0.4 is 4.74 Å². The molecule has 0 saturated heterocycles. The smallest absolute Gasteiger partial charge is 0.540 e. The minimum atomic E-state index is 0. The van der Waals surface area contributed by atoms with E-state index in [0.717, 1.165) is 62.2 Å². The van der Waals surface area contributed by atoms with Crippen molar-refractivity contribution >= 4 is 12.1 Å². The average molecular weight is 797 g/mol. The van der Waals surface area contributed by atoms with Gasteiger partial charge in [-0.1, -0.05) is 4.99 Å². The first-order valence-electron chi connectivity index (χ1n) is 14.6. The van der Waals surface area contributed by atoms with Crippen LogP contribution in [0.25, 0.3) is 22.5 Å². The number of aliphatic hydroxyl groups excluding tert-OH is 2. The van der Waals surface area contributed by atoms with E-state index in [0.29, 0.717) is 6.04 Å². The summed E-state index contributed by atoms with van der Waals surface area (Å²) in [4.78, 5) is 13.0. The van der Waals surface area contributed by atoms with E-state index in [-0.39, 0.29) is 33.3 Å². The number of aromatic nitrogens is 4. The predicted molar refractivity (Wildman–Crippen MR) is 176 cm³/mol. The van der Waals surface area contributed by atoms with E-state index in [1.165, 1.54) is 0 Å². The molecule has 1 atom stereocenters. The number of methoxy groups -OCH3 is 1. The third-order valence-electron chi connectivity index (χ3n) is 7.78. The summed E-state index contributed by atoms with van der Waals surface area (Å²) in [7, 11) is 7.59. The van der Waals surface area contributed by atoms with Gasteiger partial charge in [-0.05, 0) is 37.7 Å². The number of imidazole rings is 2. The number of aliphatic imine (C=N–C) groups is 1. The summed E-state index contributed by atoms with van der Waals surface area (Å²) in [6.45, 7) is 6.14. The van der Waals surface area contributed by atoms with Crippen LogP contribution >= 0.6 is 0 Å². The molecule has 240 valence electrons. The minimum Gasteiger partial charge on any atom is -0.540 e. The van der Waals surface area contributed by atoms with Crippen molar-refractivity contribution in [1.29, 1.82) is 0 Å². The number of hydrogen-bond acceptors (Lipinski definition) is 6. The molecule has 5 aromatic rings. The third kappa shape index (κ3) is 8.13. The molecule has 0 saturated carbocycles. The van der Waals surface area contributed by atoms with Gasteiger partial charge in [0.2, 0.25) is 5.84 Å². The average Bonchev–Trinajstić information content (AvgIpc) is 3.72. The largest absolute Gasteiger partial charge is 3.00 e. The summed E-state index contributed by atoms with van der Waals surface area (Å²) in [6.07, 6.45) is 5.47. The Hall–Kier alpha value is -4.21. The van der Waals surface area contributed by atoms with Gasteiger partial charge < -0.3 is 24.1 Å². The number of benzene rings is 3. The number of amidine groups is 1. The van der Waals surface area contributed by atoms with Crippen molar-refractivity contribution in [3.05, 3.63) is 114 Å². The summed E-state index contributed by atoms with van der Waals surface area (Å²) in [6, 6.07) is 26.6. The zero-order valence-electron chi connectivity index (χ0n) is 27.2. The molecule has 0 spiro atoms. The SMILES string of the molecule is COc1ccc[c-]c1C1=[N+](C)C(C)C=N1.Cc1c(-c2[c-]cccc2CO)ncn1C.Cc1c(-c2[c-]cccc2CO)ncn1C.[Ir+3]. The fraction of sp³-hybridized carbons (Fsp3) is 0.278. The second kappa shape index (κ2) is 16.9. The molecule has 6 rings (SSSR count). The molecular weight excluding hydrogens is 757 g/mol. The van der Waals surface area contributed by atoms with Crippen molar-refractivity contribution in [3.8, 4) is 28.3 Å². The predicted octanol–water partition coefficient (Wildman–Crippen LogP) is 4.73. The Balaban J connectivity index is 0.000000186. The first-order valence-corrected chi connectivity index (χ1v) is 14.6. The van der Waals surface area contributed by atoms with Gasteiger partial charge in [0, 0.05) is 44.4 Å². The zero-order valence-corrected chi connectivity index (χ0v) is 29.6. The van der Waals surface area contributed by atoms with Crippen molar-refractivity contribution in [1.82, 2.24) is 19.1 Å². The van der Waals surface area contributed by atoms with Crippen LogP contribution in [0.3, 0.4) is 0 Å². The number of hydrogen-bond donors (Lipinski definition) is 2. The molecule has 0 amide bonds. The Morgan fingerprint density at radius 1 is 0.804 bits per heavy atom. The second-order valence-electron chi connectivity index (χ2n) is 10.6. The van der Waals surface area contributed by atoms with Crippen molar-refractivity contribution in [3.63, 3.8) is 0 Å². The Morgan fingerprint density at radius 2 is 1.26 bits per heavy atom. The maximum absolute atomic E-state index is 9.22. The molecule has 1 aliphatic heterocycles. The number of ether oxygens (including phenoxy) is 1. The van der Waals surface area contributed by atoms with Crippen molar-refractivity contribution < 1.29 is 39.6 Å². The van der Waals surface area contributed by atoms with E-state index >= 15 is 0 Å². The van der Waals surface area contributed by atoms with E-state index in [1.807, 2.05) is 105 Å². The van der Waals surface area contributed by atoms with Gasteiger partial charge in [0.15, 0.2) is 0 Å². The quantitative estimate of drug-likeness (QED) is 0.191. The number of rotatable bonds is 6. The fourth-order valence-corrected chi connectivity index (χ4v) is 4.69. The van der Waals surface area contributed by atoms with Gasteiger partial charge in [0.1, 0.15) is 12.3 Å². The van der Waals surface area contributed by atoms with Crippen molar-refractivity contribution in [2.45, 2.75) is 40.0 Å². The number of aliphatic hydroxyl groups is 2. The molecule has 0 radical (unpaired) electrons. The maximum atomic E-state index is 9.22. The maximum Gasteiger partial charge on any atom is 3.00 e. The Kier molecular flexibility index (Phi) is 13.3. The van der Waals surface area contributed by atoms with Crippen LogP contribution in [-0.4, -0.2) is 66.1 Å². The molecule has 2 N–H and O–H groups in total. The molecule has 0 bridgehead atoms. The van der Waals surface area contributed by atoms with Crippen LogP contribution in [-0.2, 0) is 47.4 Å². The molecule has 3 aromatic carbocycles. The summed E-state index contributed by atoms with van der Waals surface area (Å²) in [5.41, 5.74) is 8.35. The topological polar surface area (TPSA) is 101 Å². The van der Waals surface area contributed by atoms with E-state index in [2.05, 4.69) is 44.7 Å². The molecule has 1 aliphatic rings. The summed E-state index contributed by atoms with van der Waals surface area (Å²) in [5.74, 6) is 1.73. The van der Waals surface area contributed by atoms with Crippen LogP contribution in [0.4, 0.5) is 0 Å². The fourth-order valence-electron chi connectivity index (χ4n) is 4.69. The van der Waals surface area contributed by atoms with Crippen LogP contribution in [0.2, 0.25) is 0 Å². The van der Waals surface area contributed by atoms with Gasteiger partial charge >= 0.3 is 20.1 Å². The molecule has 46 heavy (non-hydrogen) atoms. The Labute approximate surface area is 285 Å². The van der Waals surface area contributed by atoms with Crippen LogP contribution in [0.5, 0.6) is 5.75 Å². The molecular formula is C36H40IrN6O3+. The van der Waals surface area contributed by atoms with Crippen LogP contribution in [0.1, 0.15) is 35.0 Å². The normalized spacial score (nSPS) is 13.4. The van der Waals surface area contributed by atoms with Gasteiger partial charge in [0.25, 0.3) is 0 Å². The van der Waals surface area contributed by atoms with E-state index in [4.69, 9.17) is 4.74 Å². The standard InChI is InChI=1S/C12H14N2O.2C12H13N2O.Ir/c1-9-8-13-12(14(9)2)10-6-4-5-7-11(10)15-3;2*1-9-12(13-8-14(9)2)11-6-4-3-5-10(11)7-15;/h4-5,7-9H,1-3H3;2*3-5,8,15H,7H2,1-2H3;/q;2*-1;+3. The molecule has 1 unspecified atom stereocenters. The molecule has 10 heteroatoms. The Bertz CT molecular complexity index is 1720. The van der Waals surface area contributed by atoms with Gasteiger partial charge in [-0.2, -0.15) is 0 Å².